The first-order valence-corrected chi connectivity index (χ1v) is 7.52. The number of nitrogens with two attached hydrogens (primary N) is 1. The number of hydrogen-bond donors (Lipinski definition) is 1. The Bertz CT molecular complexity index is 837. The van der Waals surface area contributed by atoms with Crippen LogP contribution in [0.5, 0.6) is 0 Å². The van der Waals surface area contributed by atoms with Crippen molar-refractivity contribution in [2.24, 2.45) is 0 Å². The molecule has 2 N–H and O–H groups in total. The molecule has 7 heteroatoms. The summed E-state index contributed by atoms with van der Waals surface area (Å²) in [7, 11) is 0. The fraction of sp³-hybridized carbons (Fsp3) is 0.176. The fourth-order valence-corrected chi connectivity index (χ4v) is 2.40. The van der Waals surface area contributed by atoms with Crippen molar-refractivity contribution < 1.29 is 4.39 Å². The second kappa shape index (κ2) is 6.57. The number of pyridine rings is 1. The number of rotatable bonds is 4. The Morgan fingerprint density at radius 3 is 2.38 bits per heavy atom. The first-order chi connectivity index (χ1) is 11.6. The van der Waals surface area contributed by atoms with E-state index in [9.17, 15) is 4.39 Å². The molecule has 0 aliphatic rings. The molecule has 2 aromatic heterocycles. The van der Waals surface area contributed by atoms with Gasteiger partial charge in [-0.3, -0.25) is 4.98 Å². The lowest BCUT2D eigenvalue weighted by molar-refractivity contribution is 0.629. The Morgan fingerprint density at radius 1 is 1.00 bits per heavy atom. The van der Waals surface area contributed by atoms with E-state index in [1.807, 2.05) is 30.9 Å². The van der Waals surface area contributed by atoms with Crippen LogP contribution in [-0.2, 0) is 0 Å². The molecule has 0 amide bonds. The van der Waals surface area contributed by atoms with Gasteiger partial charge in [0.2, 0.25) is 11.9 Å². The summed E-state index contributed by atoms with van der Waals surface area (Å²) in [5.41, 5.74) is 6.99. The van der Waals surface area contributed by atoms with Crippen LogP contribution in [0.25, 0.3) is 11.4 Å². The van der Waals surface area contributed by atoms with Gasteiger partial charge in [-0.2, -0.15) is 15.0 Å². The maximum absolute atomic E-state index is 14.1. The smallest absolute Gasteiger partial charge is 0.235 e. The highest BCUT2D eigenvalue weighted by atomic mass is 19.1. The van der Waals surface area contributed by atoms with E-state index < -0.39 is 5.82 Å². The maximum Gasteiger partial charge on any atom is 0.235 e. The van der Waals surface area contributed by atoms with Crippen LogP contribution in [0.2, 0.25) is 0 Å². The zero-order valence-corrected chi connectivity index (χ0v) is 13.4. The summed E-state index contributed by atoms with van der Waals surface area (Å²) in [6, 6.07) is 10.1. The van der Waals surface area contributed by atoms with Crippen LogP contribution in [0, 0.1) is 5.82 Å². The molecule has 1 aromatic carbocycles. The fourth-order valence-electron chi connectivity index (χ4n) is 2.40. The number of anilines is 3. The molecule has 6 nitrogen and oxygen atoms in total. The van der Waals surface area contributed by atoms with Crippen LogP contribution in [0.3, 0.4) is 0 Å². The summed E-state index contributed by atoms with van der Waals surface area (Å²) in [6.45, 7) is 4.01. The Labute approximate surface area is 139 Å². The van der Waals surface area contributed by atoms with Gasteiger partial charge in [0, 0.05) is 24.1 Å². The number of hydrogen-bond acceptors (Lipinski definition) is 6. The van der Waals surface area contributed by atoms with Crippen LogP contribution in [0.15, 0.2) is 48.8 Å². The lowest BCUT2D eigenvalue weighted by Gasteiger charge is -2.26. The van der Waals surface area contributed by atoms with E-state index in [4.69, 9.17) is 5.73 Å². The van der Waals surface area contributed by atoms with E-state index >= 15 is 0 Å². The monoisotopic (exact) mass is 324 g/mol. The van der Waals surface area contributed by atoms with E-state index in [0.29, 0.717) is 5.95 Å². The van der Waals surface area contributed by atoms with E-state index in [1.165, 1.54) is 6.07 Å². The topological polar surface area (TPSA) is 80.8 Å². The molecule has 2 heterocycles. The minimum Gasteiger partial charge on any atom is -0.368 e. The van der Waals surface area contributed by atoms with Crippen molar-refractivity contribution in [3.05, 3.63) is 54.6 Å². The number of nitrogen functional groups attached to an aromatic ring is 1. The molecular weight excluding hydrogens is 307 g/mol. The zero-order chi connectivity index (χ0) is 17.1. The van der Waals surface area contributed by atoms with Crippen molar-refractivity contribution in [1.29, 1.82) is 0 Å². The first kappa shape index (κ1) is 15.8. The van der Waals surface area contributed by atoms with Gasteiger partial charge >= 0.3 is 0 Å². The molecule has 0 saturated carbocycles. The van der Waals surface area contributed by atoms with Crippen molar-refractivity contribution in [3.63, 3.8) is 0 Å². The molecule has 0 unspecified atom stereocenters. The summed E-state index contributed by atoms with van der Waals surface area (Å²) < 4.78 is 14.1. The molecule has 3 rings (SSSR count). The number of aromatic nitrogens is 4. The van der Waals surface area contributed by atoms with Gasteiger partial charge in [0.25, 0.3) is 0 Å². The Kier molecular flexibility index (Phi) is 4.33. The van der Waals surface area contributed by atoms with E-state index in [-0.39, 0.29) is 23.4 Å². The summed E-state index contributed by atoms with van der Waals surface area (Å²) in [5, 5.41) is 0. The Morgan fingerprint density at radius 2 is 1.71 bits per heavy atom. The molecule has 122 valence electrons. The molecule has 0 fully saturated rings. The van der Waals surface area contributed by atoms with Gasteiger partial charge in [-0.05, 0) is 38.1 Å². The van der Waals surface area contributed by atoms with Crippen LogP contribution in [0.4, 0.5) is 22.0 Å². The quantitative estimate of drug-likeness (QED) is 0.794. The Balaban J connectivity index is 2.12. The highest BCUT2D eigenvalue weighted by Gasteiger charge is 2.19. The lowest BCUT2D eigenvalue weighted by atomic mass is 10.2. The van der Waals surface area contributed by atoms with Gasteiger partial charge in [0.05, 0.1) is 5.56 Å². The third-order valence-electron chi connectivity index (χ3n) is 3.43. The third-order valence-corrected chi connectivity index (χ3v) is 3.43. The number of halogens is 1. The molecule has 0 spiro atoms. The van der Waals surface area contributed by atoms with Crippen LogP contribution >= 0.6 is 0 Å². The van der Waals surface area contributed by atoms with Crippen molar-refractivity contribution in [1.82, 2.24) is 19.9 Å². The summed E-state index contributed by atoms with van der Waals surface area (Å²) in [6.07, 6.45) is 3.38. The number of nitrogens with zero attached hydrogens (tertiary/aromatic N) is 5. The van der Waals surface area contributed by atoms with Crippen molar-refractivity contribution in [2.45, 2.75) is 19.9 Å². The van der Waals surface area contributed by atoms with Gasteiger partial charge in [-0.25, -0.2) is 4.39 Å². The molecule has 24 heavy (non-hydrogen) atoms. The number of benzene rings is 1. The molecule has 0 atom stereocenters. The summed E-state index contributed by atoms with van der Waals surface area (Å²) >= 11 is 0. The second-order valence-electron chi connectivity index (χ2n) is 5.47. The average molecular weight is 324 g/mol. The summed E-state index contributed by atoms with van der Waals surface area (Å²) in [5.74, 6) is 0.198. The minimum absolute atomic E-state index is 0.0398. The van der Waals surface area contributed by atoms with Crippen LogP contribution in [-0.4, -0.2) is 26.0 Å². The Hall–Kier alpha value is -3.09. The van der Waals surface area contributed by atoms with E-state index in [2.05, 4.69) is 19.9 Å². The molecule has 0 aliphatic carbocycles. The molecule has 0 bridgehead atoms. The molecule has 0 aliphatic heterocycles. The average Bonchev–Trinajstić information content (AvgIpc) is 2.55. The van der Waals surface area contributed by atoms with Gasteiger partial charge < -0.3 is 10.6 Å². The normalized spacial score (nSPS) is 10.8. The second-order valence-corrected chi connectivity index (χ2v) is 5.47. The molecular formula is C17H17FN6. The van der Waals surface area contributed by atoms with Crippen molar-refractivity contribution in [2.75, 3.05) is 10.6 Å². The van der Waals surface area contributed by atoms with E-state index in [1.54, 1.807) is 30.6 Å². The van der Waals surface area contributed by atoms with Gasteiger partial charge in [0.1, 0.15) is 5.82 Å². The third kappa shape index (κ3) is 3.15. The first-order valence-electron chi connectivity index (χ1n) is 7.52. The molecule has 3 aromatic rings. The maximum atomic E-state index is 14.1. The predicted octanol–water partition coefficient (Wildman–Crippen LogP) is 3.20. The van der Waals surface area contributed by atoms with Gasteiger partial charge in [-0.15, -0.1) is 0 Å². The SMILES string of the molecule is CC(C)N(c1ccncc1)c1nc(N)nc(-c2ccccc2F)n1. The minimum atomic E-state index is -0.408. The molecule has 0 radical (unpaired) electrons. The highest BCUT2D eigenvalue weighted by molar-refractivity contribution is 5.63. The standard InChI is InChI=1S/C17H17FN6/c1-11(2)24(12-7-9-20-10-8-12)17-22-15(21-16(19)23-17)13-5-3-4-6-14(13)18/h3-11H,1-2H3,(H2,19,21,22,23). The van der Waals surface area contributed by atoms with E-state index in [0.717, 1.165) is 5.69 Å². The van der Waals surface area contributed by atoms with Crippen molar-refractivity contribution >= 4 is 17.6 Å². The predicted molar refractivity (Wildman–Crippen MR) is 91.1 cm³/mol. The van der Waals surface area contributed by atoms with Gasteiger partial charge in [-0.1, -0.05) is 12.1 Å². The molecule has 0 saturated heterocycles. The highest BCUT2D eigenvalue weighted by Crippen LogP contribution is 2.27. The van der Waals surface area contributed by atoms with Crippen LogP contribution in [0.1, 0.15) is 13.8 Å². The zero-order valence-electron chi connectivity index (χ0n) is 13.4. The van der Waals surface area contributed by atoms with Crippen LogP contribution < -0.4 is 10.6 Å². The van der Waals surface area contributed by atoms with Crippen molar-refractivity contribution in [3.8, 4) is 11.4 Å². The summed E-state index contributed by atoms with van der Waals surface area (Å²) in [4.78, 5) is 18.6. The van der Waals surface area contributed by atoms with Gasteiger partial charge in [0.15, 0.2) is 5.82 Å². The largest absolute Gasteiger partial charge is 0.368 e. The lowest BCUT2D eigenvalue weighted by Crippen LogP contribution is -2.28.